The minimum Gasteiger partial charge on any atom is -0.376 e. The molecule has 1 aliphatic rings. The molecule has 0 aliphatic carbocycles. The lowest BCUT2D eigenvalue weighted by atomic mass is 10.1. The van der Waals surface area contributed by atoms with Crippen LogP contribution in [0.1, 0.15) is 44.7 Å². The predicted octanol–water partition coefficient (Wildman–Crippen LogP) is 2.98. The number of morpholine rings is 1. The van der Waals surface area contributed by atoms with Crippen LogP contribution in [0.15, 0.2) is 29.1 Å². The van der Waals surface area contributed by atoms with Gasteiger partial charge in [0, 0.05) is 33.2 Å². The zero-order valence-electron chi connectivity index (χ0n) is 20.3. The maximum Gasteiger partial charge on any atom is 0.277 e. The van der Waals surface area contributed by atoms with Gasteiger partial charge in [0.05, 0.1) is 29.7 Å². The molecule has 3 heterocycles. The van der Waals surface area contributed by atoms with E-state index >= 15 is 0 Å². The van der Waals surface area contributed by atoms with E-state index in [1.54, 1.807) is 14.0 Å². The van der Waals surface area contributed by atoms with Crippen LogP contribution in [0.25, 0.3) is 10.6 Å². The van der Waals surface area contributed by atoms with Crippen LogP contribution in [0.2, 0.25) is 0 Å². The van der Waals surface area contributed by atoms with E-state index in [0.717, 1.165) is 43.1 Å². The molecule has 1 atom stereocenters. The monoisotopic (exact) mass is 481 g/mol. The summed E-state index contributed by atoms with van der Waals surface area (Å²) in [5.41, 5.74) is 4.73. The highest BCUT2D eigenvalue weighted by molar-refractivity contribution is 7.17. The molecule has 1 fully saturated rings. The van der Waals surface area contributed by atoms with Crippen molar-refractivity contribution in [2.75, 3.05) is 19.7 Å². The summed E-state index contributed by atoms with van der Waals surface area (Å²) in [5.74, 6) is -0.186. The summed E-state index contributed by atoms with van der Waals surface area (Å²) in [4.78, 5) is 33.1. The minimum absolute atomic E-state index is 0.186. The maximum absolute atomic E-state index is 13.0. The Hall–Kier alpha value is -2.88. The molecule has 34 heavy (non-hydrogen) atoms. The molecule has 1 saturated heterocycles. The number of thiazole rings is 1. The summed E-state index contributed by atoms with van der Waals surface area (Å²) in [6.45, 7) is 11.5. The molecule has 2 aromatic heterocycles. The Labute approximate surface area is 203 Å². The van der Waals surface area contributed by atoms with Crippen LogP contribution < -0.4 is 10.9 Å². The Bertz CT molecular complexity index is 1270. The number of aromatic nitrogens is 3. The van der Waals surface area contributed by atoms with Gasteiger partial charge in [-0.1, -0.05) is 24.3 Å². The van der Waals surface area contributed by atoms with Crippen LogP contribution >= 0.6 is 11.3 Å². The quantitative estimate of drug-likeness (QED) is 0.582. The van der Waals surface area contributed by atoms with Crippen molar-refractivity contribution >= 4 is 17.2 Å². The van der Waals surface area contributed by atoms with Gasteiger partial charge in [-0.25, -0.2) is 9.67 Å². The van der Waals surface area contributed by atoms with Gasteiger partial charge in [-0.05, 0) is 44.4 Å². The summed E-state index contributed by atoms with van der Waals surface area (Å²) in [6, 6.07) is 8.30. The van der Waals surface area contributed by atoms with E-state index in [0.29, 0.717) is 27.7 Å². The van der Waals surface area contributed by atoms with Crippen LogP contribution in [0.4, 0.5) is 0 Å². The van der Waals surface area contributed by atoms with Crippen LogP contribution in [0, 0.1) is 20.8 Å². The molecule has 8 nitrogen and oxygen atoms in total. The number of carbonyl (C=O) groups excluding carboxylic acids is 1. The third-order valence-electron chi connectivity index (χ3n) is 6.12. The molecule has 1 aromatic carbocycles. The van der Waals surface area contributed by atoms with Gasteiger partial charge in [0.2, 0.25) is 0 Å². The maximum atomic E-state index is 13.0. The number of ether oxygens (including phenoxy) is 1. The lowest BCUT2D eigenvalue weighted by Crippen LogP contribution is -2.40. The molecule has 1 aliphatic heterocycles. The average molecular weight is 482 g/mol. The Kier molecular flexibility index (Phi) is 7.25. The van der Waals surface area contributed by atoms with E-state index in [4.69, 9.17) is 4.74 Å². The number of nitrogens with one attached hydrogen (secondary N) is 1. The largest absolute Gasteiger partial charge is 0.376 e. The molecule has 0 saturated carbocycles. The molecule has 0 bridgehead atoms. The fourth-order valence-electron chi connectivity index (χ4n) is 4.21. The average Bonchev–Trinajstić information content (AvgIpc) is 3.18. The second-order valence-corrected chi connectivity index (χ2v) is 9.87. The Balaban J connectivity index is 1.46. The summed E-state index contributed by atoms with van der Waals surface area (Å²) >= 11 is 1.25. The van der Waals surface area contributed by atoms with Crippen LogP contribution in [-0.2, 0) is 24.9 Å². The third kappa shape index (κ3) is 5.27. The molecular weight excluding hydrogens is 450 g/mol. The van der Waals surface area contributed by atoms with Crippen molar-refractivity contribution < 1.29 is 9.53 Å². The second-order valence-electron chi connectivity index (χ2n) is 8.87. The molecule has 180 valence electrons. The first-order chi connectivity index (χ1) is 16.2. The standard InChI is InChI=1S/C25H31N5O3S/c1-15-13-30(9-10-33-15)14-20-8-6-7-19(11-20)12-26-23(31)22-18(4)27-24(34-22)21-16(2)17(3)28-29(5)25(21)32/h6-8,11,15H,9-10,12-14H2,1-5H3,(H,26,31). The number of amides is 1. The first-order valence-corrected chi connectivity index (χ1v) is 12.3. The van der Waals surface area contributed by atoms with E-state index in [1.807, 2.05) is 26.0 Å². The van der Waals surface area contributed by atoms with E-state index in [1.165, 1.54) is 21.6 Å². The fourth-order valence-corrected chi connectivity index (χ4v) is 5.28. The van der Waals surface area contributed by atoms with Gasteiger partial charge in [0.25, 0.3) is 11.5 Å². The normalized spacial score (nSPS) is 16.6. The van der Waals surface area contributed by atoms with Crippen molar-refractivity contribution in [1.29, 1.82) is 0 Å². The number of nitrogens with zero attached hydrogens (tertiary/aromatic N) is 4. The van der Waals surface area contributed by atoms with Crippen LogP contribution in [0.3, 0.4) is 0 Å². The fraction of sp³-hybridized carbons (Fsp3) is 0.440. The number of hydrogen-bond donors (Lipinski definition) is 1. The van der Waals surface area contributed by atoms with Gasteiger partial charge >= 0.3 is 0 Å². The first kappa shape index (κ1) is 24.3. The van der Waals surface area contributed by atoms with Crippen molar-refractivity contribution in [2.24, 2.45) is 7.05 Å². The number of carbonyl (C=O) groups is 1. The molecule has 4 rings (SSSR count). The molecule has 1 amide bonds. The van der Waals surface area contributed by atoms with E-state index < -0.39 is 0 Å². The predicted molar refractivity (Wildman–Crippen MR) is 133 cm³/mol. The smallest absolute Gasteiger partial charge is 0.277 e. The topological polar surface area (TPSA) is 89.3 Å². The SMILES string of the molecule is Cc1nc(-c2c(C)c(C)nn(C)c2=O)sc1C(=O)NCc1cccc(CN2CCOC(C)C2)c1. The van der Waals surface area contributed by atoms with Crippen molar-refractivity contribution in [2.45, 2.75) is 46.9 Å². The van der Waals surface area contributed by atoms with Crippen LogP contribution in [0.5, 0.6) is 0 Å². The molecule has 9 heteroatoms. The van der Waals surface area contributed by atoms with Gasteiger partial charge in [0.15, 0.2) is 0 Å². The van der Waals surface area contributed by atoms with Gasteiger partial charge < -0.3 is 10.1 Å². The summed E-state index contributed by atoms with van der Waals surface area (Å²) in [5, 5.41) is 7.79. The van der Waals surface area contributed by atoms with Gasteiger partial charge in [-0.2, -0.15) is 5.10 Å². The van der Waals surface area contributed by atoms with Gasteiger partial charge in [-0.15, -0.1) is 11.3 Å². The van der Waals surface area contributed by atoms with E-state index in [9.17, 15) is 9.59 Å². The Morgan fingerprint density at radius 3 is 2.76 bits per heavy atom. The number of rotatable bonds is 6. The zero-order valence-corrected chi connectivity index (χ0v) is 21.2. The number of aryl methyl sites for hydroxylation is 3. The Morgan fingerprint density at radius 2 is 2.00 bits per heavy atom. The number of benzene rings is 1. The highest BCUT2D eigenvalue weighted by atomic mass is 32.1. The molecule has 0 radical (unpaired) electrons. The first-order valence-electron chi connectivity index (χ1n) is 11.4. The highest BCUT2D eigenvalue weighted by Gasteiger charge is 2.21. The summed E-state index contributed by atoms with van der Waals surface area (Å²) in [6.07, 6.45) is 0.254. The van der Waals surface area contributed by atoms with Crippen molar-refractivity contribution in [3.05, 3.63) is 67.6 Å². The highest BCUT2D eigenvalue weighted by Crippen LogP contribution is 2.28. The van der Waals surface area contributed by atoms with Crippen molar-refractivity contribution in [3.8, 4) is 10.6 Å². The third-order valence-corrected chi connectivity index (χ3v) is 7.29. The lowest BCUT2D eigenvalue weighted by Gasteiger charge is -2.31. The van der Waals surface area contributed by atoms with Crippen LogP contribution in [-0.4, -0.2) is 51.4 Å². The molecular formula is C25H31N5O3S. The lowest BCUT2D eigenvalue weighted by molar-refractivity contribution is -0.0212. The van der Waals surface area contributed by atoms with E-state index in [-0.39, 0.29) is 17.6 Å². The van der Waals surface area contributed by atoms with Gasteiger partial charge in [-0.3, -0.25) is 14.5 Å². The van der Waals surface area contributed by atoms with Gasteiger partial charge in [0.1, 0.15) is 9.88 Å². The summed E-state index contributed by atoms with van der Waals surface area (Å²) in [7, 11) is 1.63. The minimum atomic E-state index is -0.213. The summed E-state index contributed by atoms with van der Waals surface area (Å²) < 4.78 is 6.94. The Morgan fingerprint density at radius 1 is 1.24 bits per heavy atom. The molecule has 3 aromatic rings. The second kappa shape index (κ2) is 10.2. The number of hydrogen-bond acceptors (Lipinski definition) is 7. The van der Waals surface area contributed by atoms with E-state index in [2.05, 4.69) is 39.4 Å². The molecule has 1 N–H and O–H groups in total. The zero-order chi connectivity index (χ0) is 24.4. The molecule has 1 unspecified atom stereocenters. The molecule has 0 spiro atoms. The van der Waals surface area contributed by atoms with Crippen molar-refractivity contribution in [1.82, 2.24) is 25.0 Å². The van der Waals surface area contributed by atoms with Crippen molar-refractivity contribution in [3.63, 3.8) is 0 Å².